The molecule has 0 aliphatic heterocycles. The molecular weight excluding hydrogens is 116 g/mol. The predicted octanol–water partition coefficient (Wildman–Crippen LogP) is 1.26. The highest BCUT2D eigenvalue weighted by Gasteiger charge is 2.62. The van der Waals surface area contributed by atoms with E-state index in [4.69, 9.17) is 5.11 Å². The molecule has 0 aromatic carbocycles. The Kier molecular flexibility index (Phi) is 0.765. The minimum absolute atomic E-state index is 0.417. The molecule has 50 valence electrons. The zero-order valence-electron chi connectivity index (χ0n) is 5.26. The van der Waals surface area contributed by atoms with Gasteiger partial charge in [0.05, 0.1) is 0 Å². The first-order valence-electron chi connectivity index (χ1n) is 3.45. The van der Waals surface area contributed by atoms with Gasteiger partial charge >= 0.3 is 5.97 Å². The molecular formula is C7H10O2. The van der Waals surface area contributed by atoms with Gasteiger partial charge in [0.2, 0.25) is 0 Å². The van der Waals surface area contributed by atoms with Gasteiger partial charge in [0.1, 0.15) is 0 Å². The number of hydrogen-bond acceptors (Lipinski definition) is 1. The van der Waals surface area contributed by atoms with E-state index in [1.54, 1.807) is 0 Å². The van der Waals surface area contributed by atoms with Crippen LogP contribution < -0.4 is 0 Å². The second-order valence-electron chi connectivity index (χ2n) is 3.36. The van der Waals surface area contributed by atoms with Gasteiger partial charge in [-0.25, -0.2) is 0 Å². The van der Waals surface area contributed by atoms with Crippen molar-refractivity contribution in [2.24, 2.45) is 11.3 Å². The Balaban J connectivity index is 1.84. The molecule has 2 saturated carbocycles. The van der Waals surface area contributed by atoms with Crippen molar-refractivity contribution in [2.75, 3.05) is 0 Å². The Labute approximate surface area is 53.9 Å². The van der Waals surface area contributed by atoms with E-state index >= 15 is 0 Å². The maximum Gasteiger partial charge on any atom is 0.303 e. The fourth-order valence-corrected chi connectivity index (χ4v) is 1.70. The van der Waals surface area contributed by atoms with Gasteiger partial charge in [0.25, 0.3) is 0 Å². The van der Waals surface area contributed by atoms with E-state index in [1.165, 1.54) is 19.3 Å². The van der Waals surface area contributed by atoms with Gasteiger partial charge in [-0.05, 0) is 30.6 Å². The summed E-state index contributed by atoms with van der Waals surface area (Å²) in [4.78, 5) is 10.2. The van der Waals surface area contributed by atoms with Crippen LogP contribution in [0.5, 0.6) is 0 Å². The zero-order chi connectivity index (χ0) is 6.48. The molecule has 2 fully saturated rings. The van der Waals surface area contributed by atoms with Crippen LogP contribution in [0.4, 0.5) is 0 Å². The largest absolute Gasteiger partial charge is 0.481 e. The van der Waals surface area contributed by atoms with Crippen LogP contribution in [0.1, 0.15) is 25.7 Å². The van der Waals surface area contributed by atoms with E-state index in [2.05, 4.69) is 0 Å². The van der Waals surface area contributed by atoms with Crippen LogP contribution >= 0.6 is 0 Å². The maximum atomic E-state index is 10.2. The number of hydrogen-bond donors (Lipinski definition) is 1. The minimum Gasteiger partial charge on any atom is -0.481 e. The lowest BCUT2D eigenvalue weighted by Crippen LogP contribution is -1.96. The normalized spacial score (nSPS) is 34.4. The summed E-state index contributed by atoms with van der Waals surface area (Å²) >= 11 is 0. The summed E-state index contributed by atoms with van der Waals surface area (Å²) in [6, 6.07) is 0. The summed E-state index contributed by atoms with van der Waals surface area (Å²) in [6.45, 7) is 0. The summed E-state index contributed by atoms with van der Waals surface area (Å²) in [7, 11) is 0. The van der Waals surface area contributed by atoms with E-state index in [-0.39, 0.29) is 0 Å². The first-order chi connectivity index (χ1) is 4.23. The van der Waals surface area contributed by atoms with Gasteiger partial charge in [-0.3, -0.25) is 4.79 Å². The molecule has 0 radical (unpaired) electrons. The second-order valence-corrected chi connectivity index (χ2v) is 3.36. The Morgan fingerprint density at radius 3 is 2.67 bits per heavy atom. The van der Waals surface area contributed by atoms with E-state index in [0.29, 0.717) is 17.8 Å². The fourth-order valence-electron chi connectivity index (χ4n) is 1.70. The van der Waals surface area contributed by atoms with Crippen molar-refractivity contribution >= 4 is 5.97 Å². The van der Waals surface area contributed by atoms with E-state index in [9.17, 15) is 4.79 Å². The molecule has 2 aliphatic rings. The molecule has 2 heteroatoms. The topological polar surface area (TPSA) is 37.3 Å². The van der Waals surface area contributed by atoms with Crippen LogP contribution in [0.2, 0.25) is 0 Å². The molecule has 1 N–H and O–H groups in total. The minimum atomic E-state index is -0.622. The summed E-state index contributed by atoms with van der Waals surface area (Å²) in [5.74, 6) is -0.0706. The van der Waals surface area contributed by atoms with Crippen molar-refractivity contribution in [1.82, 2.24) is 0 Å². The first kappa shape index (κ1) is 5.27. The molecule has 2 nitrogen and oxygen atoms in total. The van der Waals surface area contributed by atoms with Gasteiger partial charge in [0.15, 0.2) is 0 Å². The number of carbonyl (C=O) groups is 1. The van der Waals surface area contributed by atoms with Crippen molar-refractivity contribution in [3.05, 3.63) is 0 Å². The van der Waals surface area contributed by atoms with Crippen molar-refractivity contribution in [2.45, 2.75) is 25.7 Å². The lowest BCUT2D eigenvalue weighted by atomic mass is 10.2. The van der Waals surface area contributed by atoms with E-state index < -0.39 is 5.97 Å². The summed E-state index contributed by atoms with van der Waals surface area (Å²) in [5, 5.41) is 8.38. The highest BCUT2D eigenvalue weighted by Crippen LogP contribution is 2.71. The van der Waals surface area contributed by atoms with E-state index in [1.807, 2.05) is 0 Å². The van der Waals surface area contributed by atoms with Crippen molar-refractivity contribution in [1.29, 1.82) is 0 Å². The molecule has 0 saturated heterocycles. The first-order valence-corrected chi connectivity index (χ1v) is 3.45. The van der Waals surface area contributed by atoms with Crippen LogP contribution in [0.25, 0.3) is 0 Å². The molecule has 1 atom stereocenters. The smallest absolute Gasteiger partial charge is 0.303 e. The van der Waals surface area contributed by atoms with Gasteiger partial charge in [-0.15, -0.1) is 0 Å². The van der Waals surface area contributed by atoms with E-state index in [0.717, 1.165) is 0 Å². The Morgan fingerprint density at radius 1 is 1.67 bits per heavy atom. The average Bonchev–Trinajstić information content (AvgIpc) is 2.54. The van der Waals surface area contributed by atoms with Crippen LogP contribution in [0.15, 0.2) is 0 Å². The molecule has 2 rings (SSSR count). The van der Waals surface area contributed by atoms with Crippen LogP contribution in [0, 0.1) is 11.3 Å². The molecule has 0 bridgehead atoms. The summed E-state index contributed by atoms with van der Waals surface area (Å²) < 4.78 is 0. The molecule has 9 heavy (non-hydrogen) atoms. The molecule has 0 amide bonds. The summed E-state index contributed by atoms with van der Waals surface area (Å²) in [5.41, 5.74) is 0.568. The van der Waals surface area contributed by atoms with Crippen LogP contribution in [-0.2, 0) is 4.79 Å². The van der Waals surface area contributed by atoms with Gasteiger partial charge in [0, 0.05) is 6.42 Å². The zero-order valence-corrected chi connectivity index (χ0v) is 5.26. The lowest BCUT2D eigenvalue weighted by molar-refractivity contribution is -0.137. The monoisotopic (exact) mass is 126 g/mol. The van der Waals surface area contributed by atoms with Crippen molar-refractivity contribution in [3.8, 4) is 0 Å². The third-order valence-corrected chi connectivity index (χ3v) is 2.67. The molecule has 0 aromatic heterocycles. The average molecular weight is 126 g/mol. The SMILES string of the molecule is O=C(O)C[C@H]1CC12CC2. The summed E-state index contributed by atoms with van der Waals surface area (Å²) in [6.07, 6.45) is 4.20. The predicted molar refractivity (Wildman–Crippen MR) is 32.0 cm³/mol. The van der Waals surface area contributed by atoms with Gasteiger partial charge < -0.3 is 5.11 Å². The Bertz CT molecular complexity index is 158. The lowest BCUT2D eigenvalue weighted by Gasteiger charge is -1.87. The Hall–Kier alpha value is -0.530. The van der Waals surface area contributed by atoms with Crippen LogP contribution in [-0.4, -0.2) is 11.1 Å². The van der Waals surface area contributed by atoms with Crippen LogP contribution in [0.3, 0.4) is 0 Å². The number of aliphatic carboxylic acids is 1. The fraction of sp³-hybridized carbons (Fsp3) is 0.857. The quantitative estimate of drug-likeness (QED) is 0.604. The highest BCUT2D eigenvalue weighted by atomic mass is 16.4. The standard InChI is InChI=1S/C7H10O2/c8-6(9)3-5-4-7(5)1-2-7/h5H,1-4H2,(H,8,9)/t5-/m0/s1. The number of carboxylic acids is 1. The number of rotatable bonds is 2. The number of carboxylic acid groups (broad SMARTS) is 1. The van der Waals surface area contributed by atoms with Gasteiger partial charge in [-0.2, -0.15) is 0 Å². The maximum absolute atomic E-state index is 10.2. The third kappa shape index (κ3) is 0.732. The van der Waals surface area contributed by atoms with Crippen molar-refractivity contribution in [3.63, 3.8) is 0 Å². The Morgan fingerprint density at radius 2 is 2.33 bits per heavy atom. The molecule has 0 aromatic rings. The van der Waals surface area contributed by atoms with Gasteiger partial charge in [-0.1, -0.05) is 0 Å². The second kappa shape index (κ2) is 1.31. The molecule has 1 spiro atoms. The highest BCUT2D eigenvalue weighted by molar-refractivity contribution is 5.68. The molecule has 0 heterocycles. The van der Waals surface area contributed by atoms with Crippen molar-refractivity contribution < 1.29 is 9.90 Å². The molecule has 2 aliphatic carbocycles. The molecule has 0 unspecified atom stereocenters. The third-order valence-electron chi connectivity index (χ3n) is 2.67.